The van der Waals surface area contributed by atoms with E-state index in [1.54, 1.807) is 14.2 Å². The van der Waals surface area contributed by atoms with Crippen LogP contribution < -0.4 is 20.1 Å². The van der Waals surface area contributed by atoms with Gasteiger partial charge in [-0.15, -0.1) is 0 Å². The molecule has 1 unspecified atom stereocenters. The van der Waals surface area contributed by atoms with Crippen molar-refractivity contribution in [3.63, 3.8) is 0 Å². The zero-order chi connectivity index (χ0) is 14.4. The first-order valence-corrected chi connectivity index (χ1v) is 6.67. The first-order chi connectivity index (χ1) is 9.04. The predicted molar refractivity (Wildman–Crippen MR) is 80.4 cm³/mol. The summed E-state index contributed by atoms with van der Waals surface area (Å²) in [5.41, 5.74) is 7.72. The molecule has 1 rings (SSSR count). The van der Waals surface area contributed by atoms with Crippen molar-refractivity contribution in [1.29, 1.82) is 0 Å². The Kier molecular flexibility index (Phi) is 5.96. The van der Waals surface area contributed by atoms with Crippen LogP contribution in [0.3, 0.4) is 0 Å². The van der Waals surface area contributed by atoms with Crippen molar-refractivity contribution >= 4 is 5.69 Å². The fourth-order valence-electron chi connectivity index (χ4n) is 2.38. The minimum atomic E-state index is 0.558. The molecule has 4 nitrogen and oxygen atoms in total. The molecule has 1 aromatic carbocycles. The maximum atomic E-state index is 5.60. The summed E-state index contributed by atoms with van der Waals surface area (Å²) in [5, 5.41) is 0. The molecule has 108 valence electrons. The van der Waals surface area contributed by atoms with E-state index in [-0.39, 0.29) is 0 Å². The Labute approximate surface area is 116 Å². The van der Waals surface area contributed by atoms with Gasteiger partial charge in [0.1, 0.15) is 11.5 Å². The summed E-state index contributed by atoms with van der Waals surface area (Å²) < 4.78 is 10.9. The lowest BCUT2D eigenvalue weighted by atomic mass is 10.1. The molecule has 1 atom stereocenters. The van der Waals surface area contributed by atoms with Gasteiger partial charge < -0.3 is 20.1 Å². The van der Waals surface area contributed by atoms with Gasteiger partial charge in [0.2, 0.25) is 0 Å². The van der Waals surface area contributed by atoms with Crippen LogP contribution in [0.4, 0.5) is 5.69 Å². The molecule has 0 aliphatic rings. The van der Waals surface area contributed by atoms with E-state index in [2.05, 4.69) is 18.9 Å². The van der Waals surface area contributed by atoms with Crippen molar-refractivity contribution in [3.8, 4) is 11.5 Å². The molecule has 0 saturated heterocycles. The fraction of sp³-hybridized carbons (Fsp3) is 0.600. The van der Waals surface area contributed by atoms with Crippen molar-refractivity contribution in [2.45, 2.75) is 20.3 Å². The van der Waals surface area contributed by atoms with Crippen LogP contribution in [-0.2, 0) is 0 Å². The number of ether oxygens (including phenoxy) is 2. The highest BCUT2D eigenvalue weighted by Crippen LogP contribution is 2.37. The molecule has 0 bridgehead atoms. The zero-order valence-corrected chi connectivity index (χ0v) is 12.7. The van der Waals surface area contributed by atoms with Gasteiger partial charge in [-0.05, 0) is 37.9 Å². The molecule has 0 spiro atoms. The van der Waals surface area contributed by atoms with E-state index in [1.165, 1.54) is 0 Å². The van der Waals surface area contributed by atoms with Crippen LogP contribution in [0.1, 0.15) is 18.9 Å². The highest BCUT2D eigenvalue weighted by Gasteiger charge is 2.15. The lowest BCUT2D eigenvalue weighted by Gasteiger charge is -2.26. The van der Waals surface area contributed by atoms with Gasteiger partial charge in [0.05, 0.1) is 19.9 Å². The lowest BCUT2D eigenvalue weighted by molar-refractivity contribution is 0.388. The quantitative estimate of drug-likeness (QED) is 0.823. The third-order valence-electron chi connectivity index (χ3n) is 3.42. The molecule has 2 N–H and O–H groups in total. The molecule has 1 aromatic rings. The van der Waals surface area contributed by atoms with Gasteiger partial charge in [0.15, 0.2) is 0 Å². The van der Waals surface area contributed by atoms with E-state index < -0.39 is 0 Å². The number of nitrogens with zero attached hydrogens (tertiary/aromatic N) is 1. The van der Waals surface area contributed by atoms with Gasteiger partial charge >= 0.3 is 0 Å². The number of nitrogens with two attached hydrogens (primary N) is 1. The van der Waals surface area contributed by atoms with Crippen LogP contribution in [0.2, 0.25) is 0 Å². The minimum Gasteiger partial charge on any atom is -0.496 e. The highest BCUT2D eigenvalue weighted by molar-refractivity contribution is 5.65. The van der Waals surface area contributed by atoms with Crippen molar-refractivity contribution in [2.24, 2.45) is 11.7 Å². The van der Waals surface area contributed by atoms with Crippen molar-refractivity contribution in [3.05, 3.63) is 17.7 Å². The second-order valence-corrected chi connectivity index (χ2v) is 5.01. The molecule has 0 heterocycles. The summed E-state index contributed by atoms with van der Waals surface area (Å²) in [4.78, 5) is 2.21. The van der Waals surface area contributed by atoms with Crippen molar-refractivity contribution in [1.82, 2.24) is 0 Å². The van der Waals surface area contributed by atoms with E-state index in [9.17, 15) is 0 Å². The molecule has 0 fully saturated rings. The average Bonchev–Trinajstić information content (AvgIpc) is 2.38. The molecule has 4 heteroatoms. The number of hydrogen-bond acceptors (Lipinski definition) is 4. The second kappa shape index (κ2) is 7.24. The molecule has 19 heavy (non-hydrogen) atoms. The minimum absolute atomic E-state index is 0.558. The van der Waals surface area contributed by atoms with E-state index in [1.807, 2.05) is 19.1 Å². The first-order valence-electron chi connectivity index (χ1n) is 6.67. The number of benzene rings is 1. The average molecular weight is 266 g/mol. The Hall–Kier alpha value is -1.42. The zero-order valence-electron chi connectivity index (χ0n) is 12.7. The highest BCUT2D eigenvalue weighted by atomic mass is 16.5. The largest absolute Gasteiger partial charge is 0.496 e. The Bertz CT molecular complexity index is 407. The summed E-state index contributed by atoms with van der Waals surface area (Å²) >= 11 is 0. The third-order valence-corrected chi connectivity index (χ3v) is 3.42. The van der Waals surface area contributed by atoms with Crippen LogP contribution in [0, 0.1) is 12.8 Å². The van der Waals surface area contributed by atoms with Gasteiger partial charge in [0.25, 0.3) is 0 Å². The molecule has 0 aliphatic carbocycles. The number of anilines is 1. The number of hydrogen-bond donors (Lipinski definition) is 1. The summed E-state index contributed by atoms with van der Waals surface area (Å²) in [7, 11) is 5.45. The maximum absolute atomic E-state index is 5.60. The number of methoxy groups -OCH3 is 2. The Balaban J connectivity index is 2.96. The molecular weight excluding hydrogens is 240 g/mol. The third kappa shape index (κ3) is 3.77. The summed E-state index contributed by atoms with van der Waals surface area (Å²) in [6.07, 6.45) is 1.03. The SMILES string of the molecule is COc1ccc(N(C)CC(C)CCN)c(OC)c1C. The molecular formula is C15H26N2O2. The smallest absolute Gasteiger partial charge is 0.148 e. The van der Waals surface area contributed by atoms with E-state index in [4.69, 9.17) is 15.2 Å². The van der Waals surface area contributed by atoms with E-state index in [0.717, 1.165) is 42.3 Å². The topological polar surface area (TPSA) is 47.7 Å². The summed E-state index contributed by atoms with van der Waals surface area (Å²) in [6, 6.07) is 4.02. The second-order valence-electron chi connectivity index (χ2n) is 5.01. The first kappa shape index (κ1) is 15.6. The Morgan fingerprint density at radius 2 is 1.95 bits per heavy atom. The van der Waals surface area contributed by atoms with Gasteiger partial charge in [-0.25, -0.2) is 0 Å². The van der Waals surface area contributed by atoms with Crippen LogP contribution in [0.25, 0.3) is 0 Å². The van der Waals surface area contributed by atoms with Crippen LogP contribution >= 0.6 is 0 Å². The van der Waals surface area contributed by atoms with Gasteiger partial charge in [-0.3, -0.25) is 0 Å². The van der Waals surface area contributed by atoms with Crippen LogP contribution in [-0.4, -0.2) is 34.4 Å². The van der Waals surface area contributed by atoms with E-state index >= 15 is 0 Å². The standard InChI is InChI=1S/C15H26N2O2/c1-11(8-9-16)10-17(3)13-6-7-14(18-4)12(2)15(13)19-5/h6-7,11H,8-10,16H2,1-5H3. The summed E-state index contributed by atoms with van der Waals surface area (Å²) in [5.74, 6) is 2.29. The molecule has 0 saturated carbocycles. The number of rotatable bonds is 7. The molecule has 0 amide bonds. The van der Waals surface area contributed by atoms with Crippen LogP contribution in [0.5, 0.6) is 11.5 Å². The monoisotopic (exact) mass is 266 g/mol. The van der Waals surface area contributed by atoms with E-state index in [0.29, 0.717) is 5.92 Å². The van der Waals surface area contributed by atoms with Gasteiger partial charge in [0, 0.05) is 19.2 Å². The van der Waals surface area contributed by atoms with Gasteiger partial charge in [-0.1, -0.05) is 6.92 Å². The molecule has 0 aromatic heterocycles. The normalized spacial score (nSPS) is 12.1. The lowest BCUT2D eigenvalue weighted by Crippen LogP contribution is -2.25. The fourth-order valence-corrected chi connectivity index (χ4v) is 2.38. The Morgan fingerprint density at radius 1 is 1.26 bits per heavy atom. The van der Waals surface area contributed by atoms with Gasteiger partial charge in [-0.2, -0.15) is 0 Å². The molecule has 0 aliphatic heterocycles. The predicted octanol–water partition coefficient (Wildman–Crippen LogP) is 2.43. The maximum Gasteiger partial charge on any atom is 0.148 e. The summed E-state index contributed by atoms with van der Waals surface area (Å²) in [6.45, 7) is 5.91. The van der Waals surface area contributed by atoms with Crippen molar-refractivity contribution in [2.75, 3.05) is 39.3 Å². The van der Waals surface area contributed by atoms with Crippen molar-refractivity contribution < 1.29 is 9.47 Å². The molecule has 0 radical (unpaired) electrons. The van der Waals surface area contributed by atoms with Crippen LogP contribution in [0.15, 0.2) is 12.1 Å². The Morgan fingerprint density at radius 3 is 2.47 bits per heavy atom.